The van der Waals surface area contributed by atoms with Crippen molar-refractivity contribution in [3.8, 4) is 0 Å². The molecule has 2 N–H and O–H groups in total. The van der Waals surface area contributed by atoms with Crippen LogP contribution in [-0.4, -0.2) is 29.0 Å². The van der Waals surface area contributed by atoms with E-state index in [-0.39, 0.29) is 12.4 Å². The van der Waals surface area contributed by atoms with E-state index in [4.69, 9.17) is 5.73 Å². The van der Waals surface area contributed by atoms with Gasteiger partial charge in [0.05, 0.1) is 0 Å². The van der Waals surface area contributed by atoms with Crippen molar-refractivity contribution in [3.05, 3.63) is 29.8 Å². The predicted octanol–water partition coefficient (Wildman–Crippen LogP) is 2.63. The number of hydrogen-bond acceptors (Lipinski definition) is 3. The van der Waals surface area contributed by atoms with Crippen LogP contribution >= 0.6 is 24.2 Å². The monoisotopic (exact) mass is 258 g/mol. The summed E-state index contributed by atoms with van der Waals surface area (Å²) in [4.78, 5) is 2.53. The zero-order valence-electron chi connectivity index (χ0n) is 9.56. The molecular weight excluding hydrogens is 240 g/mol. The van der Waals surface area contributed by atoms with Gasteiger partial charge in [0, 0.05) is 36.3 Å². The number of nitrogen functional groups attached to an aromatic ring is 1. The lowest BCUT2D eigenvalue weighted by Gasteiger charge is -2.33. The van der Waals surface area contributed by atoms with Crippen LogP contribution in [-0.2, 0) is 6.54 Å². The average Bonchev–Trinajstić information content (AvgIpc) is 2.22. The van der Waals surface area contributed by atoms with Crippen molar-refractivity contribution >= 4 is 29.9 Å². The lowest BCUT2D eigenvalue weighted by molar-refractivity contribution is 0.224. The Labute approximate surface area is 108 Å². The van der Waals surface area contributed by atoms with Crippen LogP contribution in [0.25, 0.3) is 0 Å². The van der Waals surface area contributed by atoms with Crippen molar-refractivity contribution in [1.29, 1.82) is 0 Å². The molecule has 16 heavy (non-hydrogen) atoms. The van der Waals surface area contributed by atoms with Crippen LogP contribution < -0.4 is 5.73 Å². The van der Waals surface area contributed by atoms with E-state index < -0.39 is 0 Å². The number of hydrogen-bond donors (Lipinski definition) is 1. The van der Waals surface area contributed by atoms with Crippen molar-refractivity contribution in [2.24, 2.45) is 0 Å². The van der Waals surface area contributed by atoms with Gasteiger partial charge in [-0.2, -0.15) is 11.8 Å². The van der Waals surface area contributed by atoms with Crippen LogP contribution in [0.3, 0.4) is 0 Å². The second-order valence-electron chi connectivity index (χ2n) is 4.14. The minimum atomic E-state index is 0. The molecule has 1 unspecified atom stereocenters. The molecule has 0 saturated carbocycles. The van der Waals surface area contributed by atoms with E-state index in [0.29, 0.717) is 6.04 Å². The highest BCUT2D eigenvalue weighted by Gasteiger charge is 2.18. The molecule has 1 atom stereocenters. The lowest BCUT2D eigenvalue weighted by Crippen LogP contribution is -2.39. The Hall–Kier alpha value is -0.380. The van der Waals surface area contributed by atoms with Crippen LogP contribution in [0.15, 0.2) is 24.3 Å². The molecule has 1 aromatic carbocycles. The Morgan fingerprint density at radius 2 is 2.31 bits per heavy atom. The second kappa shape index (κ2) is 6.38. The number of thioether (sulfide) groups is 1. The lowest BCUT2D eigenvalue weighted by atomic mass is 10.1. The molecule has 0 amide bonds. The van der Waals surface area contributed by atoms with Crippen LogP contribution in [0.2, 0.25) is 0 Å². The molecule has 0 spiro atoms. The molecule has 2 nitrogen and oxygen atoms in total. The van der Waals surface area contributed by atoms with Gasteiger partial charge in [-0.15, -0.1) is 12.4 Å². The number of halogens is 1. The van der Waals surface area contributed by atoms with Crippen molar-refractivity contribution in [2.45, 2.75) is 19.5 Å². The third kappa shape index (κ3) is 3.58. The van der Waals surface area contributed by atoms with E-state index in [1.807, 2.05) is 12.1 Å². The van der Waals surface area contributed by atoms with Gasteiger partial charge >= 0.3 is 0 Å². The third-order valence-electron chi connectivity index (χ3n) is 2.84. The first-order chi connectivity index (χ1) is 7.25. The molecule has 1 fully saturated rings. The zero-order valence-corrected chi connectivity index (χ0v) is 11.2. The zero-order chi connectivity index (χ0) is 10.7. The second-order valence-corrected chi connectivity index (χ2v) is 5.29. The fraction of sp³-hybridized carbons (Fsp3) is 0.500. The largest absolute Gasteiger partial charge is 0.399 e. The van der Waals surface area contributed by atoms with Gasteiger partial charge in [-0.25, -0.2) is 0 Å². The third-order valence-corrected chi connectivity index (χ3v) is 4.03. The van der Waals surface area contributed by atoms with Crippen molar-refractivity contribution in [1.82, 2.24) is 4.90 Å². The molecule has 0 radical (unpaired) electrons. The summed E-state index contributed by atoms with van der Waals surface area (Å²) >= 11 is 2.05. The first kappa shape index (κ1) is 13.7. The summed E-state index contributed by atoms with van der Waals surface area (Å²) in [5.74, 6) is 2.51. The molecule has 1 saturated heterocycles. The Kier molecular flexibility index (Phi) is 5.46. The molecule has 4 heteroatoms. The quantitative estimate of drug-likeness (QED) is 0.827. The van der Waals surface area contributed by atoms with Gasteiger partial charge in [0.2, 0.25) is 0 Å². The Morgan fingerprint density at radius 3 is 3.00 bits per heavy atom. The highest BCUT2D eigenvalue weighted by molar-refractivity contribution is 7.99. The minimum absolute atomic E-state index is 0. The van der Waals surface area contributed by atoms with Crippen LogP contribution in [0.5, 0.6) is 0 Å². The molecule has 1 aliphatic heterocycles. The molecule has 0 aliphatic carbocycles. The van der Waals surface area contributed by atoms with Crippen molar-refractivity contribution < 1.29 is 0 Å². The summed E-state index contributed by atoms with van der Waals surface area (Å²) in [6.45, 7) is 4.53. The molecule has 1 heterocycles. The fourth-order valence-electron chi connectivity index (χ4n) is 1.92. The van der Waals surface area contributed by atoms with Gasteiger partial charge in [-0.05, 0) is 24.6 Å². The van der Waals surface area contributed by atoms with E-state index >= 15 is 0 Å². The summed E-state index contributed by atoms with van der Waals surface area (Å²) in [5.41, 5.74) is 7.97. The van der Waals surface area contributed by atoms with Crippen LogP contribution in [0, 0.1) is 0 Å². The molecule has 0 aromatic heterocycles. The Balaban J connectivity index is 0.00000128. The highest BCUT2D eigenvalue weighted by atomic mass is 35.5. The first-order valence-corrected chi connectivity index (χ1v) is 6.57. The van der Waals surface area contributed by atoms with E-state index in [1.165, 1.54) is 23.6 Å². The fourth-order valence-corrected chi connectivity index (χ4v) is 3.00. The molecule has 1 aliphatic rings. The van der Waals surface area contributed by atoms with E-state index in [2.05, 4.69) is 35.7 Å². The maximum Gasteiger partial charge on any atom is 0.0317 e. The summed E-state index contributed by atoms with van der Waals surface area (Å²) in [7, 11) is 0. The maximum absolute atomic E-state index is 5.78. The summed E-state index contributed by atoms with van der Waals surface area (Å²) in [6.07, 6.45) is 0. The number of benzene rings is 1. The first-order valence-electron chi connectivity index (χ1n) is 5.42. The van der Waals surface area contributed by atoms with E-state index in [1.54, 1.807) is 0 Å². The number of rotatable bonds is 2. The molecule has 2 rings (SSSR count). The van der Waals surface area contributed by atoms with Gasteiger partial charge in [-0.3, -0.25) is 4.90 Å². The van der Waals surface area contributed by atoms with Crippen LogP contribution in [0.1, 0.15) is 12.5 Å². The topological polar surface area (TPSA) is 29.3 Å². The van der Waals surface area contributed by atoms with Crippen molar-refractivity contribution in [3.63, 3.8) is 0 Å². The highest BCUT2D eigenvalue weighted by Crippen LogP contribution is 2.19. The normalized spacial score (nSPS) is 21.4. The maximum atomic E-state index is 5.78. The molecule has 1 aromatic rings. The number of nitrogens with two attached hydrogens (primary N) is 1. The summed E-state index contributed by atoms with van der Waals surface area (Å²) in [5, 5.41) is 0. The van der Waals surface area contributed by atoms with Gasteiger partial charge < -0.3 is 5.73 Å². The number of nitrogens with zero attached hydrogens (tertiary/aromatic N) is 1. The van der Waals surface area contributed by atoms with Gasteiger partial charge in [0.1, 0.15) is 0 Å². The van der Waals surface area contributed by atoms with Crippen LogP contribution in [0.4, 0.5) is 5.69 Å². The average molecular weight is 259 g/mol. The smallest absolute Gasteiger partial charge is 0.0317 e. The van der Waals surface area contributed by atoms with E-state index in [9.17, 15) is 0 Å². The summed E-state index contributed by atoms with van der Waals surface area (Å²) < 4.78 is 0. The van der Waals surface area contributed by atoms with E-state index in [0.717, 1.165) is 12.2 Å². The van der Waals surface area contributed by atoms with Gasteiger partial charge in [-0.1, -0.05) is 12.1 Å². The molecule has 0 bridgehead atoms. The Morgan fingerprint density at radius 1 is 1.50 bits per heavy atom. The Bertz CT molecular complexity index is 333. The van der Waals surface area contributed by atoms with Crippen molar-refractivity contribution in [2.75, 3.05) is 23.8 Å². The van der Waals surface area contributed by atoms with Gasteiger partial charge in [0.25, 0.3) is 0 Å². The van der Waals surface area contributed by atoms with Gasteiger partial charge in [0.15, 0.2) is 0 Å². The standard InChI is InChI=1S/C12H18N2S.ClH/c1-10-9-15-6-5-14(10)8-11-3-2-4-12(13)7-11;/h2-4,7,10H,5-6,8-9,13H2,1H3;1H. The molecular formula is C12H19ClN2S. The molecule has 90 valence electrons. The predicted molar refractivity (Wildman–Crippen MR) is 75.3 cm³/mol. The summed E-state index contributed by atoms with van der Waals surface area (Å²) in [6, 6.07) is 8.90. The number of anilines is 1. The SMILES string of the molecule is CC1CSCCN1Cc1cccc(N)c1.Cl. The minimum Gasteiger partial charge on any atom is -0.399 e.